The number of thiocarbonyl (C=S) groups is 1. The molecule has 6 heteroatoms. The van der Waals surface area contributed by atoms with E-state index in [4.69, 9.17) is 17.0 Å². The third-order valence-corrected chi connectivity index (χ3v) is 4.68. The highest BCUT2D eigenvalue weighted by atomic mass is 32.1. The van der Waals surface area contributed by atoms with E-state index >= 15 is 0 Å². The maximum Gasteiger partial charge on any atom is 0.342 e. The van der Waals surface area contributed by atoms with Crippen molar-refractivity contribution in [2.24, 2.45) is 4.99 Å². The van der Waals surface area contributed by atoms with Crippen LogP contribution in [0.4, 0.5) is 5.69 Å². The SMILES string of the molecule is O=C1OC(c2ccc(O)cc2)(c2ccc(O)cc2)c2cccc(N=C=S)c21. The summed E-state index contributed by atoms with van der Waals surface area (Å²) in [6, 6.07) is 18.1. The standard InChI is InChI=1S/C21H13NO4S/c23-15-8-4-13(5-9-15)21(14-6-10-16(24)11-7-14)17-2-1-3-18(22-12-27)19(17)20(25)26-21/h1-11,23-24H. The molecule has 27 heavy (non-hydrogen) atoms. The van der Waals surface area contributed by atoms with E-state index in [2.05, 4.69) is 10.2 Å². The molecule has 1 heterocycles. The van der Waals surface area contributed by atoms with Gasteiger partial charge in [0, 0.05) is 16.7 Å². The Hall–Kier alpha value is -3.47. The molecule has 0 bridgehead atoms. The second-order valence-electron chi connectivity index (χ2n) is 6.07. The minimum absolute atomic E-state index is 0.100. The third-order valence-electron chi connectivity index (χ3n) is 4.59. The van der Waals surface area contributed by atoms with Crippen molar-refractivity contribution in [3.63, 3.8) is 0 Å². The van der Waals surface area contributed by atoms with Crippen LogP contribution < -0.4 is 0 Å². The number of ether oxygens (including phenoxy) is 1. The Bertz CT molecular complexity index is 1040. The number of hydrogen-bond donors (Lipinski definition) is 2. The van der Waals surface area contributed by atoms with Crippen molar-refractivity contribution in [2.45, 2.75) is 5.60 Å². The molecule has 0 amide bonds. The van der Waals surface area contributed by atoms with E-state index < -0.39 is 11.6 Å². The molecule has 0 fully saturated rings. The molecule has 1 aliphatic heterocycles. The zero-order valence-electron chi connectivity index (χ0n) is 13.9. The summed E-state index contributed by atoms with van der Waals surface area (Å²) >= 11 is 4.69. The fourth-order valence-corrected chi connectivity index (χ4v) is 3.52. The van der Waals surface area contributed by atoms with Crippen molar-refractivity contribution in [3.8, 4) is 11.5 Å². The zero-order valence-corrected chi connectivity index (χ0v) is 14.7. The number of cyclic esters (lactones) is 1. The van der Waals surface area contributed by atoms with Crippen molar-refractivity contribution >= 4 is 29.0 Å². The van der Waals surface area contributed by atoms with Crippen LogP contribution in [-0.2, 0) is 10.3 Å². The van der Waals surface area contributed by atoms with Crippen LogP contribution >= 0.6 is 12.2 Å². The fraction of sp³-hybridized carbons (Fsp3) is 0.0476. The number of phenols is 2. The number of esters is 1. The van der Waals surface area contributed by atoms with Gasteiger partial charge >= 0.3 is 5.97 Å². The highest BCUT2D eigenvalue weighted by Gasteiger charge is 2.49. The highest BCUT2D eigenvalue weighted by Crippen LogP contribution is 2.49. The Morgan fingerprint density at radius 2 is 1.44 bits per heavy atom. The Balaban J connectivity index is 2.07. The molecule has 0 aromatic heterocycles. The minimum atomic E-state index is -1.24. The van der Waals surface area contributed by atoms with Crippen LogP contribution in [0.1, 0.15) is 27.0 Å². The summed E-state index contributed by atoms with van der Waals surface area (Å²) in [7, 11) is 0. The van der Waals surface area contributed by atoms with Gasteiger partial charge in [-0.1, -0.05) is 36.4 Å². The zero-order chi connectivity index (χ0) is 19.0. The number of fused-ring (bicyclic) bond motifs is 1. The largest absolute Gasteiger partial charge is 0.508 e. The molecule has 5 nitrogen and oxygen atoms in total. The lowest BCUT2D eigenvalue weighted by Crippen LogP contribution is -2.29. The van der Waals surface area contributed by atoms with Crippen molar-refractivity contribution in [2.75, 3.05) is 0 Å². The van der Waals surface area contributed by atoms with Gasteiger partial charge < -0.3 is 14.9 Å². The van der Waals surface area contributed by atoms with Crippen molar-refractivity contribution in [1.29, 1.82) is 0 Å². The molecule has 132 valence electrons. The lowest BCUT2D eigenvalue weighted by atomic mass is 9.79. The quantitative estimate of drug-likeness (QED) is 0.405. The van der Waals surface area contributed by atoms with Gasteiger partial charge in [0.1, 0.15) is 11.5 Å². The lowest BCUT2D eigenvalue weighted by Gasteiger charge is -2.30. The monoisotopic (exact) mass is 375 g/mol. The lowest BCUT2D eigenvalue weighted by molar-refractivity contribution is 0.0252. The molecule has 0 radical (unpaired) electrons. The number of rotatable bonds is 3. The van der Waals surface area contributed by atoms with Crippen molar-refractivity contribution in [3.05, 3.63) is 89.0 Å². The first-order valence-corrected chi connectivity index (χ1v) is 8.51. The van der Waals surface area contributed by atoms with E-state index in [0.29, 0.717) is 27.9 Å². The molecular weight excluding hydrogens is 362 g/mol. The summed E-state index contributed by atoms with van der Waals surface area (Å²) in [5.74, 6) is -0.331. The summed E-state index contributed by atoms with van der Waals surface area (Å²) in [5.41, 5.74) is 1.38. The fourth-order valence-electron chi connectivity index (χ4n) is 3.42. The molecule has 4 rings (SSSR count). The van der Waals surface area contributed by atoms with E-state index in [9.17, 15) is 15.0 Å². The molecule has 0 saturated carbocycles. The predicted molar refractivity (Wildman–Crippen MR) is 103 cm³/mol. The highest BCUT2D eigenvalue weighted by molar-refractivity contribution is 7.78. The number of aromatic hydroxyl groups is 2. The van der Waals surface area contributed by atoms with E-state index in [-0.39, 0.29) is 11.5 Å². The van der Waals surface area contributed by atoms with Gasteiger partial charge in [-0.25, -0.2) is 4.79 Å². The Kier molecular flexibility index (Phi) is 4.00. The number of carbonyl (C=O) groups excluding carboxylic acids is 1. The van der Waals surface area contributed by atoms with Crippen LogP contribution in [0.3, 0.4) is 0 Å². The smallest absolute Gasteiger partial charge is 0.342 e. The molecular formula is C21H13NO4S. The van der Waals surface area contributed by atoms with E-state index in [1.807, 2.05) is 0 Å². The molecule has 0 atom stereocenters. The van der Waals surface area contributed by atoms with Crippen molar-refractivity contribution < 1.29 is 19.7 Å². The number of hydrogen-bond acceptors (Lipinski definition) is 6. The van der Waals surface area contributed by atoms with Crippen LogP contribution in [0.2, 0.25) is 0 Å². The number of phenolic OH excluding ortho intramolecular Hbond substituents is 2. The molecule has 1 aliphatic rings. The van der Waals surface area contributed by atoms with Crippen LogP contribution in [0.25, 0.3) is 0 Å². The van der Waals surface area contributed by atoms with Crippen LogP contribution in [0, 0.1) is 0 Å². The summed E-state index contributed by atoms with van der Waals surface area (Å²) < 4.78 is 5.93. The minimum Gasteiger partial charge on any atom is -0.508 e. The van der Waals surface area contributed by atoms with Gasteiger partial charge in [-0.05, 0) is 42.5 Å². The van der Waals surface area contributed by atoms with Crippen molar-refractivity contribution in [1.82, 2.24) is 0 Å². The number of aliphatic imine (C=N–C) groups is 1. The van der Waals surface area contributed by atoms with Gasteiger partial charge in [-0.3, -0.25) is 0 Å². The molecule has 2 N–H and O–H groups in total. The maximum absolute atomic E-state index is 12.8. The first kappa shape index (κ1) is 17.0. The average Bonchev–Trinajstić information content (AvgIpc) is 2.98. The summed E-state index contributed by atoms with van der Waals surface area (Å²) in [6.07, 6.45) is 0. The second kappa shape index (κ2) is 6.36. The second-order valence-corrected chi connectivity index (χ2v) is 6.25. The van der Waals surface area contributed by atoms with Gasteiger partial charge in [0.25, 0.3) is 0 Å². The molecule has 3 aromatic carbocycles. The Morgan fingerprint density at radius 3 is 1.96 bits per heavy atom. The van der Waals surface area contributed by atoms with E-state index in [1.165, 1.54) is 24.3 Å². The molecule has 0 saturated heterocycles. The topological polar surface area (TPSA) is 79.1 Å². The number of nitrogens with zero attached hydrogens (tertiary/aromatic N) is 1. The van der Waals surface area contributed by atoms with Gasteiger partial charge in [0.05, 0.1) is 16.4 Å². The number of carbonyl (C=O) groups is 1. The van der Waals surface area contributed by atoms with Gasteiger partial charge in [-0.2, -0.15) is 4.99 Å². The van der Waals surface area contributed by atoms with Gasteiger partial charge in [0.15, 0.2) is 5.60 Å². The first-order valence-electron chi connectivity index (χ1n) is 8.10. The molecule has 0 unspecified atom stereocenters. The molecule has 3 aromatic rings. The molecule has 0 spiro atoms. The molecule has 0 aliphatic carbocycles. The van der Waals surface area contributed by atoms with E-state index in [1.54, 1.807) is 42.5 Å². The Morgan fingerprint density at radius 1 is 0.889 bits per heavy atom. The third kappa shape index (κ3) is 2.59. The predicted octanol–water partition coefficient (Wildman–Crippen LogP) is 4.29. The Labute approximate surface area is 160 Å². The van der Waals surface area contributed by atoms with Gasteiger partial charge in [-0.15, -0.1) is 0 Å². The summed E-state index contributed by atoms with van der Waals surface area (Å²) in [6.45, 7) is 0. The summed E-state index contributed by atoms with van der Waals surface area (Å²) in [4.78, 5) is 16.8. The van der Waals surface area contributed by atoms with Crippen LogP contribution in [0.15, 0.2) is 71.7 Å². The number of isothiocyanates is 1. The van der Waals surface area contributed by atoms with Crippen LogP contribution in [-0.4, -0.2) is 21.3 Å². The summed E-state index contributed by atoms with van der Waals surface area (Å²) in [5, 5.41) is 21.6. The maximum atomic E-state index is 12.8. The average molecular weight is 375 g/mol. The normalized spacial score (nSPS) is 14.1. The van der Waals surface area contributed by atoms with E-state index in [0.717, 1.165) is 0 Å². The van der Waals surface area contributed by atoms with Gasteiger partial charge in [0.2, 0.25) is 0 Å². The number of benzene rings is 3. The van der Waals surface area contributed by atoms with Crippen LogP contribution in [0.5, 0.6) is 11.5 Å². The first-order chi connectivity index (χ1) is 13.1.